The van der Waals surface area contributed by atoms with Gasteiger partial charge in [0.05, 0.1) is 6.54 Å². The molecule has 64 valence electrons. The molecule has 2 N–H and O–H groups in total. The molecule has 0 spiro atoms. The molecule has 1 rings (SSSR count). The average Bonchev–Trinajstić information content (AvgIpc) is 2.63. The minimum Gasteiger partial charge on any atom is -0.324 e. The largest absolute Gasteiger partial charge is 0.324 e. The molecule has 0 aliphatic heterocycles. The molecule has 0 atom stereocenters. The monoisotopic (exact) mass is 177 g/mol. The van der Waals surface area contributed by atoms with Crippen LogP contribution in [-0.4, -0.2) is 31.7 Å². The van der Waals surface area contributed by atoms with Crippen molar-refractivity contribution in [3.8, 4) is 0 Å². The molecule has 1 aliphatic carbocycles. The van der Waals surface area contributed by atoms with Crippen molar-refractivity contribution in [2.75, 3.05) is 12.8 Å². The first-order valence-electron chi connectivity index (χ1n) is 3.37. The summed E-state index contributed by atoms with van der Waals surface area (Å²) >= 11 is 0. The Labute approximate surface area is 65.7 Å². The van der Waals surface area contributed by atoms with Crippen LogP contribution < -0.4 is 5.73 Å². The van der Waals surface area contributed by atoms with E-state index in [4.69, 9.17) is 5.73 Å². The third kappa shape index (κ3) is 1.18. The van der Waals surface area contributed by atoms with Gasteiger partial charge in [-0.2, -0.15) is 0 Å². The molecule has 4 nitrogen and oxygen atoms in total. The lowest BCUT2D eigenvalue weighted by molar-refractivity contribution is -0.118. The molecule has 1 saturated carbocycles. The van der Waals surface area contributed by atoms with E-state index in [9.17, 15) is 13.2 Å². The van der Waals surface area contributed by atoms with E-state index in [2.05, 4.69) is 0 Å². The summed E-state index contributed by atoms with van der Waals surface area (Å²) in [5, 5.41) is 0. The van der Waals surface area contributed by atoms with Gasteiger partial charge in [0, 0.05) is 6.26 Å². The topological polar surface area (TPSA) is 77.2 Å². The fraction of sp³-hybridized carbons (Fsp3) is 0.833. The Kier molecular flexibility index (Phi) is 1.80. The minimum atomic E-state index is -3.23. The lowest BCUT2D eigenvalue weighted by atomic mass is 10.2. The Morgan fingerprint density at radius 3 is 2.09 bits per heavy atom. The van der Waals surface area contributed by atoms with E-state index >= 15 is 0 Å². The van der Waals surface area contributed by atoms with E-state index < -0.39 is 14.6 Å². The second-order valence-corrected chi connectivity index (χ2v) is 5.22. The maximum atomic E-state index is 11.0. The van der Waals surface area contributed by atoms with Gasteiger partial charge in [-0.25, -0.2) is 8.42 Å². The maximum Gasteiger partial charge on any atom is 0.167 e. The summed E-state index contributed by atoms with van der Waals surface area (Å²) in [6, 6.07) is 0. The highest BCUT2D eigenvalue weighted by Gasteiger charge is 2.57. The summed E-state index contributed by atoms with van der Waals surface area (Å²) < 4.78 is 21.0. The van der Waals surface area contributed by atoms with Gasteiger partial charge in [-0.05, 0) is 12.8 Å². The van der Waals surface area contributed by atoms with E-state index in [-0.39, 0.29) is 12.3 Å². The van der Waals surface area contributed by atoms with Gasteiger partial charge in [-0.3, -0.25) is 4.79 Å². The molecule has 0 aromatic heterocycles. The molecule has 0 unspecified atom stereocenters. The van der Waals surface area contributed by atoms with Gasteiger partial charge < -0.3 is 5.73 Å². The molecule has 0 amide bonds. The molecule has 0 heterocycles. The predicted octanol–water partition coefficient (Wildman–Crippen LogP) is -0.909. The van der Waals surface area contributed by atoms with Crippen LogP contribution in [0.1, 0.15) is 12.8 Å². The highest BCUT2D eigenvalue weighted by molar-refractivity contribution is 7.93. The lowest BCUT2D eigenvalue weighted by Gasteiger charge is -2.08. The van der Waals surface area contributed by atoms with Gasteiger partial charge in [-0.15, -0.1) is 0 Å². The van der Waals surface area contributed by atoms with Gasteiger partial charge in [0.1, 0.15) is 4.75 Å². The Balaban J connectivity index is 2.94. The molecular weight excluding hydrogens is 166 g/mol. The molecule has 0 aromatic carbocycles. The summed E-state index contributed by atoms with van der Waals surface area (Å²) in [7, 11) is -3.23. The Morgan fingerprint density at radius 2 is 2.00 bits per heavy atom. The summed E-state index contributed by atoms with van der Waals surface area (Å²) in [6.07, 6.45) is 1.98. The Morgan fingerprint density at radius 1 is 1.55 bits per heavy atom. The van der Waals surface area contributed by atoms with Crippen molar-refractivity contribution in [3.63, 3.8) is 0 Å². The van der Waals surface area contributed by atoms with Gasteiger partial charge in [0.15, 0.2) is 15.6 Å². The van der Waals surface area contributed by atoms with Crippen LogP contribution in [0.5, 0.6) is 0 Å². The number of carbonyl (C=O) groups excluding carboxylic acids is 1. The zero-order chi connectivity index (χ0) is 8.70. The SMILES string of the molecule is CS(=O)(=O)C1(C(=O)CN)CC1. The minimum absolute atomic E-state index is 0.174. The first kappa shape index (κ1) is 8.67. The van der Waals surface area contributed by atoms with E-state index in [1.807, 2.05) is 0 Å². The third-order valence-electron chi connectivity index (χ3n) is 2.11. The fourth-order valence-electron chi connectivity index (χ4n) is 1.16. The number of ketones is 1. The average molecular weight is 177 g/mol. The van der Waals surface area contributed by atoms with Crippen LogP contribution in [0.15, 0.2) is 0 Å². The number of hydrogen-bond donors (Lipinski definition) is 1. The maximum absolute atomic E-state index is 11.0. The van der Waals surface area contributed by atoms with Crippen LogP contribution in [-0.2, 0) is 14.6 Å². The molecule has 0 saturated heterocycles. The first-order valence-corrected chi connectivity index (χ1v) is 5.26. The van der Waals surface area contributed by atoms with E-state index in [0.29, 0.717) is 12.8 Å². The van der Waals surface area contributed by atoms with E-state index in [1.165, 1.54) is 0 Å². The molecule has 1 aliphatic rings. The normalized spacial score (nSPS) is 21.3. The van der Waals surface area contributed by atoms with Gasteiger partial charge in [-0.1, -0.05) is 0 Å². The number of rotatable bonds is 3. The molecule has 0 bridgehead atoms. The van der Waals surface area contributed by atoms with Crippen molar-refractivity contribution in [2.24, 2.45) is 5.73 Å². The molecule has 5 heteroatoms. The zero-order valence-electron chi connectivity index (χ0n) is 6.33. The number of sulfone groups is 1. The zero-order valence-corrected chi connectivity index (χ0v) is 7.15. The van der Waals surface area contributed by atoms with Crippen LogP contribution in [0.25, 0.3) is 0 Å². The highest BCUT2D eigenvalue weighted by atomic mass is 32.2. The number of carbonyl (C=O) groups is 1. The van der Waals surface area contributed by atoms with Crippen LogP contribution >= 0.6 is 0 Å². The second-order valence-electron chi connectivity index (χ2n) is 2.89. The lowest BCUT2D eigenvalue weighted by Crippen LogP contribution is -2.36. The molecule has 0 radical (unpaired) electrons. The Hall–Kier alpha value is -0.420. The summed E-state index contributed by atoms with van der Waals surface area (Å²) in [4.78, 5) is 11.0. The third-order valence-corrected chi connectivity index (χ3v) is 4.16. The van der Waals surface area contributed by atoms with E-state index in [0.717, 1.165) is 6.26 Å². The first-order chi connectivity index (χ1) is 4.94. The second kappa shape index (κ2) is 2.28. The van der Waals surface area contributed by atoms with Crippen molar-refractivity contribution >= 4 is 15.6 Å². The summed E-state index contributed by atoms with van der Waals surface area (Å²) in [5.74, 6) is -0.347. The predicted molar refractivity (Wildman–Crippen MR) is 40.9 cm³/mol. The van der Waals surface area contributed by atoms with Crippen LogP contribution in [0, 0.1) is 0 Å². The van der Waals surface area contributed by atoms with Gasteiger partial charge >= 0.3 is 0 Å². The number of Topliss-reactive ketones (excluding diaryl/α,β-unsaturated/α-hetero) is 1. The van der Waals surface area contributed by atoms with Crippen molar-refractivity contribution in [2.45, 2.75) is 17.6 Å². The van der Waals surface area contributed by atoms with Gasteiger partial charge in [0.2, 0.25) is 0 Å². The molecule has 0 aromatic rings. The molecular formula is C6H11NO3S. The molecule has 11 heavy (non-hydrogen) atoms. The van der Waals surface area contributed by atoms with Crippen molar-refractivity contribution in [1.29, 1.82) is 0 Å². The smallest absolute Gasteiger partial charge is 0.167 e. The van der Waals surface area contributed by atoms with Crippen molar-refractivity contribution < 1.29 is 13.2 Å². The fourth-order valence-corrected chi connectivity index (χ4v) is 2.50. The molecule has 1 fully saturated rings. The van der Waals surface area contributed by atoms with Crippen LogP contribution in [0.4, 0.5) is 0 Å². The summed E-state index contributed by atoms with van der Waals surface area (Å²) in [5.41, 5.74) is 5.08. The van der Waals surface area contributed by atoms with E-state index in [1.54, 1.807) is 0 Å². The van der Waals surface area contributed by atoms with Crippen LogP contribution in [0.3, 0.4) is 0 Å². The van der Waals surface area contributed by atoms with Crippen molar-refractivity contribution in [3.05, 3.63) is 0 Å². The number of hydrogen-bond acceptors (Lipinski definition) is 4. The Bertz CT molecular complexity index is 276. The summed E-state index contributed by atoms with van der Waals surface area (Å²) in [6.45, 7) is -0.174. The quantitative estimate of drug-likeness (QED) is 0.605. The van der Waals surface area contributed by atoms with Crippen LogP contribution in [0.2, 0.25) is 0 Å². The van der Waals surface area contributed by atoms with Gasteiger partial charge in [0.25, 0.3) is 0 Å². The standard InChI is InChI=1S/C6H11NO3S/c1-11(9,10)6(2-3-6)5(8)4-7/h2-4,7H2,1H3. The number of nitrogens with two attached hydrogens (primary N) is 1. The highest BCUT2D eigenvalue weighted by Crippen LogP contribution is 2.43. The van der Waals surface area contributed by atoms with Crippen molar-refractivity contribution in [1.82, 2.24) is 0 Å².